The first-order chi connectivity index (χ1) is 12.0. The number of benzene rings is 2. The summed E-state index contributed by atoms with van der Waals surface area (Å²) in [4.78, 5) is 12.5. The van der Waals surface area contributed by atoms with E-state index in [2.05, 4.69) is 5.32 Å². The molecule has 0 radical (unpaired) electrons. The number of nitrogens with one attached hydrogen (secondary N) is 1. The molecule has 5 nitrogen and oxygen atoms in total. The van der Waals surface area contributed by atoms with Crippen LogP contribution in [0.3, 0.4) is 0 Å². The third-order valence-corrected chi connectivity index (χ3v) is 5.24. The van der Waals surface area contributed by atoms with Crippen LogP contribution in [0.1, 0.15) is 6.92 Å². The van der Waals surface area contributed by atoms with Crippen LogP contribution in [-0.4, -0.2) is 26.6 Å². The summed E-state index contributed by atoms with van der Waals surface area (Å²) >= 11 is 11.8. The third-order valence-electron chi connectivity index (χ3n) is 3.43. The van der Waals surface area contributed by atoms with Crippen molar-refractivity contribution in [2.45, 2.75) is 13.0 Å². The van der Waals surface area contributed by atoms with Crippen molar-refractivity contribution in [1.82, 2.24) is 0 Å². The van der Waals surface area contributed by atoms with Gasteiger partial charge in [0.05, 0.1) is 22.7 Å². The van der Waals surface area contributed by atoms with Crippen LogP contribution in [0.15, 0.2) is 36.4 Å². The molecule has 0 saturated heterocycles. The van der Waals surface area contributed by atoms with E-state index in [1.165, 1.54) is 25.1 Å². The van der Waals surface area contributed by atoms with Crippen LogP contribution in [0.5, 0.6) is 0 Å². The largest absolute Gasteiger partial charge is 0.323 e. The van der Waals surface area contributed by atoms with Gasteiger partial charge in [-0.3, -0.25) is 9.10 Å². The summed E-state index contributed by atoms with van der Waals surface area (Å²) in [7, 11) is -3.98. The number of amides is 1. The SMILES string of the molecule is CC(C(=O)Nc1cc(Cl)ccc1Cl)N(c1ccc(F)c(F)c1)S(C)(=O)=O. The van der Waals surface area contributed by atoms with Gasteiger partial charge in [-0.1, -0.05) is 23.2 Å². The first-order valence-electron chi connectivity index (χ1n) is 7.21. The molecule has 0 fully saturated rings. The fraction of sp³-hybridized carbons (Fsp3) is 0.188. The minimum Gasteiger partial charge on any atom is -0.323 e. The molecule has 1 unspecified atom stereocenters. The molecule has 0 aromatic heterocycles. The number of anilines is 2. The number of carbonyl (C=O) groups excluding carboxylic acids is 1. The van der Waals surface area contributed by atoms with Crippen molar-refractivity contribution >= 4 is 50.5 Å². The highest BCUT2D eigenvalue weighted by atomic mass is 35.5. The molecule has 10 heteroatoms. The van der Waals surface area contributed by atoms with Crippen LogP contribution in [0, 0.1) is 11.6 Å². The third kappa shape index (κ3) is 4.63. The molecule has 2 aromatic carbocycles. The molecule has 0 aliphatic rings. The van der Waals surface area contributed by atoms with E-state index < -0.39 is 33.6 Å². The van der Waals surface area contributed by atoms with E-state index in [4.69, 9.17) is 23.2 Å². The Bertz CT molecular complexity index is 955. The van der Waals surface area contributed by atoms with Gasteiger partial charge in [-0.15, -0.1) is 0 Å². The standard InChI is InChI=1S/C16H14Cl2F2N2O3S/c1-9(16(23)21-15-7-10(17)3-5-12(15)18)22(26(2,24)25)11-4-6-13(19)14(20)8-11/h3-9H,1-2H3,(H,21,23). The highest BCUT2D eigenvalue weighted by Crippen LogP contribution is 2.27. The molecule has 0 spiro atoms. The second-order valence-electron chi connectivity index (χ2n) is 5.45. The van der Waals surface area contributed by atoms with Gasteiger partial charge in [0.15, 0.2) is 11.6 Å². The fourth-order valence-corrected chi connectivity index (χ4v) is 3.76. The van der Waals surface area contributed by atoms with E-state index >= 15 is 0 Å². The second kappa shape index (κ2) is 7.77. The van der Waals surface area contributed by atoms with Gasteiger partial charge in [-0.25, -0.2) is 17.2 Å². The summed E-state index contributed by atoms with van der Waals surface area (Å²) < 4.78 is 51.6. The fourth-order valence-electron chi connectivity index (χ4n) is 2.26. The van der Waals surface area contributed by atoms with Crippen LogP contribution in [0.25, 0.3) is 0 Å². The number of carbonyl (C=O) groups is 1. The molecule has 1 atom stereocenters. The summed E-state index contributed by atoms with van der Waals surface area (Å²) in [5.41, 5.74) is 0.000922. The van der Waals surface area contributed by atoms with E-state index in [1.807, 2.05) is 0 Å². The summed E-state index contributed by atoms with van der Waals surface area (Å²) in [6, 6.07) is 5.66. The van der Waals surface area contributed by atoms with Crippen LogP contribution >= 0.6 is 23.2 Å². The van der Waals surface area contributed by atoms with Gasteiger partial charge in [0.1, 0.15) is 6.04 Å². The number of hydrogen-bond acceptors (Lipinski definition) is 3. The highest BCUT2D eigenvalue weighted by Gasteiger charge is 2.30. The Kier molecular flexibility index (Phi) is 6.10. The molecular formula is C16H14Cl2F2N2O3S. The topological polar surface area (TPSA) is 66.5 Å². The molecule has 0 bridgehead atoms. The normalized spacial score (nSPS) is 12.5. The molecule has 0 saturated carbocycles. The number of halogens is 4. The van der Waals surface area contributed by atoms with Gasteiger partial charge in [0.25, 0.3) is 0 Å². The molecule has 26 heavy (non-hydrogen) atoms. The molecule has 140 valence electrons. The monoisotopic (exact) mass is 422 g/mol. The number of rotatable bonds is 5. The van der Waals surface area contributed by atoms with E-state index in [1.54, 1.807) is 0 Å². The Morgan fingerprint density at radius 1 is 1.12 bits per heavy atom. The van der Waals surface area contributed by atoms with E-state index in [0.29, 0.717) is 15.4 Å². The maximum Gasteiger partial charge on any atom is 0.248 e. The van der Waals surface area contributed by atoms with Crippen LogP contribution in [0.4, 0.5) is 20.2 Å². The zero-order valence-electron chi connectivity index (χ0n) is 13.6. The van der Waals surface area contributed by atoms with Crippen molar-refractivity contribution < 1.29 is 22.0 Å². The first-order valence-corrected chi connectivity index (χ1v) is 9.81. The zero-order chi connectivity index (χ0) is 19.6. The lowest BCUT2D eigenvalue weighted by molar-refractivity contribution is -0.116. The highest BCUT2D eigenvalue weighted by molar-refractivity contribution is 7.92. The lowest BCUT2D eigenvalue weighted by atomic mass is 10.2. The van der Waals surface area contributed by atoms with Crippen molar-refractivity contribution in [2.24, 2.45) is 0 Å². The molecule has 0 aliphatic heterocycles. The molecule has 2 aromatic rings. The van der Waals surface area contributed by atoms with Gasteiger partial charge in [0, 0.05) is 11.1 Å². The molecule has 0 aliphatic carbocycles. The summed E-state index contributed by atoms with van der Waals surface area (Å²) in [5, 5.41) is 2.99. The zero-order valence-corrected chi connectivity index (χ0v) is 16.0. The smallest absolute Gasteiger partial charge is 0.248 e. The van der Waals surface area contributed by atoms with Gasteiger partial charge in [-0.05, 0) is 37.3 Å². The Morgan fingerprint density at radius 3 is 2.35 bits per heavy atom. The quantitative estimate of drug-likeness (QED) is 0.789. The van der Waals surface area contributed by atoms with E-state index in [-0.39, 0.29) is 16.4 Å². The summed E-state index contributed by atoms with van der Waals surface area (Å²) in [6.45, 7) is 1.30. The van der Waals surface area contributed by atoms with E-state index in [0.717, 1.165) is 18.4 Å². The van der Waals surface area contributed by atoms with Crippen molar-refractivity contribution in [2.75, 3.05) is 15.9 Å². The van der Waals surface area contributed by atoms with Crippen molar-refractivity contribution in [3.63, 3.8) is 0 Å². The van der Waals surface area contributed by atoms with E-state index in [9.17, 15) is 22.0 Å². The Labute approximate surface area is 159 Å². The van der Waals surface area contributed by atoms with Crippen molar-refractivity contribution in [3.05, 3.63) is 58.1 Å². The minimum absolute atomic E-state index is 0.189. The van der Waals surface area contributed by atoms with Crippen molar-refractivity contribution in [3.8, 4) is 0 Å². The summed E-state index contributed by atoms with van der Waals surface area (Å²) in [5.74, 6) is -3.10. The predicted octanol–water partition coefficient (Wildman–Crippen LogP) is 4.06. The lowest BCUT2D eigenvalue weighted by Gasteiger charge is -2.28. The predicted molar refractivity (Wildman–Crippen MR) is 98.2 cm³/mol. The maximum atomic E-state index is 13.5. The lowest BCUT2D eigenvalue weighted by Crippen LogP contribution is -2.45. The first kappa shape index (κ1) is 20.4. The Morgan fingerprint density at radius 2 is 1.77 bits per heavy atom. The number of nitrogens with zero attached hydrogens (tertiary/aromatic N) is 1. The average molecular weight is 423 g/mol. The summed E-state index contributed by atoms with van der Waals surface area (Å²) in [6.07, 6.45) is 0.852. The molecular weight excluding hydrogens is 409 g/mol. The average Bonchev–Trinajstić information content (AvgIpc) is 2.53. The van der Waals surface area contributed by atoms with Gasteiger partial charge < -0.3 is 5.32 Å². The van der Waals surface area contributed by atoms with Gasteiger partial charge in [0.2, 0.25) is 15.9 Å². The number of sulfonamides is 1. The second-order valence-corrected chi connectivity index (χ2v) is 8.15. The van der Waals surface area contributed by atoms with Crippen LogP contribution in [0.2, 0.25) is 10.0 Å². The Hall–Kier alpha value is -1.90. The minimum atomic E-state index is -3.98. The van der Waals surface area contributed by atoms with Gasteiger partial charge in [-0.2, -0.15) is 0 Å². The number of hydrogen-bond donors (Lipinski definition) is 1. The van der Waals surface area contributed by atoms with Gasteiger partial charge >= 0.3 is 0 Å². The van der Waals surface area contributed by atoms with Crippen LogP contribution in [-0.2, 0) is 14.8 Å². The maximum absolute atomic E-state index is 13.5. The molecule has 2 rings (SSSR count). The van der Waals surface area contributed by atoms with Crippen LogP contribution < -0.4 is 9.62 Å². The van der Waals surface area contributed by atoms with Crippen molar-refractivity contribution in [1.29, 1.82) is 0 Å². The Balaban J connectivity index is 2.37. The molecule has 1 amide bonds. The molecule has 0 heterocycles. The molecule has 1 N–H and O–H groups in total.